The third-order valence-corrected chi connectivity index (χ3v) is 2.98. The molecule has 0 aliphatic rings. The zero-order valence-electron chi connectivity index (χ0n) is 11.0. The smallest absolute Gasteiger partial charge is 0.126 e. The van der Waals surface area contributed by atoms with Crippen molar-refractivity contribution in [1.29, 1.82) is 0 Å². The van der Waals surface area contributed by atoms with Gasteiger partial charge in [0.15, 0.2) is 0 Å². The van der Waals surface area contributed by atoms with Crippen LogP contribution in [-0.2, 0) is 6.54 Å². The van der Waals surface area contributed by atoms with Gasteiger partial charge >= 0.3 is 0 Å². The molecule has 0 atom stereocenters. The topological polar surface area (TPSA) is 24.7 Å². The lowest BCUT2D eigenvalue weighted by Crippen LogP contribution is -1.88. The molecule has 2 aromatic carbocycles. The van der Waals surface area contributed by atoms with Crippen molar-refractivity contribution in [1.82, 2.24) is 0 Å². The lowest BCUT2D eigenvalue weighted by Gasteiger charge is -2.01. The highest BCUT2D eigenvalue weighted by atomic mass is 35.5. The Labute approximate surface area is 124 Å². The van der Waals surface area contributed by atoms with Gasteiger partial charge in [-0.15, -0.1) is 0 Å². The lowest BCUT2D eigenvalue weighted by molar-refractivity contribution is 1.08. The number of allylic oxidation sites excluding steroid dienone is 1. The standard InChI is InChI=1S/C17H15ClN2/c1-19-16(15-10-6-3-7-11-15)12-17(18)20-13-14-8-4-2-5-9-14/h2-12H,1,13H2/b16-12-,20-17?. The molecule has 2 nitrogen and oxygen atoms in total. The van der Waals surface area contributed by atoms with Gasteiger partial charge in [0.25, 0.3) is 0 Å². The molecule has 2 aromatic rings. The predicted octanol–water partition coefficient (Wildman–Crippen LogP) is 4.57. The van der Waals surface area contributed by atoms with Crippen molar-refractivity contribution in [2.45, 2.75) is 6.54 Å². The summed E-state index contributed by atoms with van der Waals surface area (Å²) in [6.07, 6.45) is 1.73. The summed E-state index contributed by atoms with van der Waals surface area (Å²) in [4.78, 5) is 8.32. The first-order chi connectivity index (χ1) is 9.79. The fourth-order valence-corrected chi connectivity index (χ4v) is 1.90. The van der Waals surface area contributed by atoms with Crippen molar-refractivity contribution in [2.24, 2.45) is 9.98 Å². The van der Waals surface area contributed by atoms with E-state index in [1.807, 2.05) is 60.7 Å². The number of aliphatic imine (C=N–C) groups is 2. The van der Waals surface area contributed by atoms with Gasteiger partial charge in [-0.25, -0.2) is 0 Å². The first-order valence-corrected chi connectivity index (χ1v) is 6.65. The van der Waals surface area contributed by atoms with Crippen LogP contribution in [0.5, 0.6) is 0 Å². The summed E-state index contributed by atoms with van der Waals surface area (Å²) < 4.78 is 0. The molecule has 0 aliphatic carbocycles. The molecular formula is C17H15ClN2. The monoisotopic (exact) mass is 282 g/mol. The molecule has 0 saturated heterocycles. The van der Waals surface area contributed by atoms with Crippen molar-refractivity contribution < 1.29 is 0 Å². The molecule has 0 saturated carbocycles. The number of halogens is 1. The Morgan fingerprint density at radius 3 is 2.20 bits per heavy atom. The maximum absolute atomic E-state index is 6.14. The van der Waals surface area contributed by atoms with Gasteiger partial charge in [0.05, 0.1) is 12.2 Å². The molecule has 3 heteroatoms. The average molecular weight is 283 g/mol. The van der Waals surface area contributed by atoms with Crippen LogP contribution in [0.3, 0.4) is 0 Å². The third kappa shape index (κ3) is 4.18. The second-order valence-corrected chi connectivity index (χ2v) is 4.57. The maximum atomic E-state index is 6.14. The summed E-state index contributed by atoms with van der Waals surface area (Å²) in [6, 6.07) is 19.7. The summed E-state index contributed by atoms with van der Waals surface area (Å²) in [5.41, 5.74) is 2.80. The Balaban J connectivity index is 2.13. The first kappa shape index (κ1) is 14.2. The molecule has 0 aliphatic heterocycles. The summed E-state index contributed by atoms with van der Waals surface area (Å²) in [5, 5.41) is 0.417. The molecule has 0 bridgehead atoms. The van der Waals surface area contributed by atoms with E-state index in [-0.39, 0.29) is 0 Å². The highest BCUT2D eigenvalue weighted by Gasteiger charge is 1.99. The van der Waals surface area contributed by atoms with E-state index < -0.39 is 0 Å². The molecule has 100 valence electrons. The molecule has 0 aromatic heterocycles. The van der Waals surface area contributed by atoms with Gasteiger partial charge in [-0.3, -0.25) is 9.98 Å². The fourth-order valence-electron chi connectivity index (χ4n) is 1.74. The van der Waals surface area contributed by atoms with Crippen molar-refractivity contribution in [2.75, 3.05) is 0 Å². The number of benzene rings is 2. The first-order valence-electron chi connectivity index (χ1n) is 6.27. The van der Waals surface area contributed by atoms with Gasteiger partial charge in [0.1, 0.15) is 5.17 Å². The molecule has 0 N–H and O–H groups in total. The van der Waals surface area contributed by atoms with Crippen molar-refractivity contribution in [3.63, 3.8) is 0 Å². The minimum atomic E-state index is 0.417. The second-order valence-electron chi connectivity index (χ2n) is 4.18. The minimum Gasteiger partial charge on any atom is -0.268 e. The molecule has 20 heavy (non-hydrogen) atoms. The van der Waals surface area contributed by atoms with E-state index in [4.69, 9.17) is 11.6 Å². The van der Waals surface area contributed by atoms with Crippen molar-refractivity contribution >= 4 is 29.2 Å². The Morgan fingerprint density at radius 1 is 1.00 bits per heavy atom. The van der Waals surface area contributed by atoms with Gasteiger partial charge in [-0.05, 0) is 12.3 Å². The number of hydrogen-bond donors (Lipinski definition) is 0. The largest absolute Gasteiger partial charge is 0.268 e. The van der Waals surface area contributed by atoms with Crippen LogP contribution in [0.25, 0.3) is 5.70 Å². The molecule has 0 spiro atoms. The predicted molar refractivity (Wildman–Crippen MR) is 87.4 cm³/mol. The van der Waals surface area contributed by atoms with Crippen LogP contribution in [0.4, 0.5) is 0 Å². The number of nitrogens with zero attached hydrogens (tertiary/aromatic N) is 2. The molecule has 0 heterocycles. The van der Waals surface area contributed by atoms with E-state index in [0.29, 0.717) is 17.4 Å². The normalized spacial score (nSPS) is 12.2. The summed E-state index contributed by atoms with van der Waals surface area (Å²) in [6.45, 7) is 4.13. The van der Waals surface area contributed by atoms with E-state index >= 15 is 0 Å². The van der Waals surface area contributed by atoms with E-state index in [1.165, 1.54) is 0 Å². The van der Waals surface area contributed by atoms with E-state index in [9.17, 15) is 0 Å². The van der Waals surface area contributed by atoms with Crippen LogP contribution in [0.1, 0.15) is 11.1 Å². The zero-order chi connectivity index (χ0) is 14.2. The van der Waals surface area contributed by atoms with Gasteiger partial charge < -0.3 is 0 Å². The van der Waals surface area contributed by atoms with Crippen LogP contribution in [0.15, 0.2) is 76.7 Å². The molecule has 0 fully saturated rings. The minimum absolute atomic E-state index is 0.417. The van der Waals surface area contributed by atoms with Crippen LogP contribution in [0.2, 0.25) is 0 Å². The van der Waals surface area contributed by atoms with Crippen molar-refractivity contribution in [3.8, 4) is 0 Å². The molecule has 2 rings (SSSR count). The highest BCUT2D eigenvalue weighted by Crippen LogP contribution is 2.15. The Morgan fingerprint density at radius 2 is 1.60 bits per heavy atom. The average Bonchev–Trinajstić information content (AvgIpc) is 2.52. The van der Waals surface area contributed by atoms with E-state index in [2.05, 4.69) is 16.7 Å². The highest BCUT2D eigenvalue weighted by molar-refractivity contribution is 6.68. The summed E-state index contributed by atoms with van der Waals surface area (Å²) in [7, 11) is 0. The molecule has 0 amide bonds. The summed E-state index contributed by atoms with van der Waals surface area (Å²) >= 11 is 6.14. The third-order valence-electron chi connectivity index (χ3n) is 2.75. The molecular weight excluding hydrogens is 268 g/mol. The van der Waals surface area contributed by atoms with Crippen LogP contribution < -0.4 is 0 Å². The van der Waals surface area contributed by atoms with Crippen molar-refractivity contribution in [3.05, 3.63) is 77.9 Å². The fraction of sp³-hybridized carbons (Fsp3) is 0.0588. The van der Waals surface area contributed by atoms with Gasteiger partial charge in [0, 0.05) is 11.6 Å². The van der Waals surface area contributed by atoms with Gasteiger partial charge in [0.2, 0.25) is 0 Å². The Hall–Kier alpha value is -2.19. The van der Waals surface area contributed by atoms with Crippen LogP contribution >= 0.6 is 11.6 Å². The zero-order valence-corrected chi connectivity index (χ0v) is 11.8. The van der Waals surface area contributed by atoms with Gasteiger partial charge in [-0.2, -0.15) is 0 Å². The lowest BCUT2D eigenvalue weighted by atomic mass is 10.1. The number of rotatable bonds is 5. The SMILES string of the molecule is C=N/C(=C\C(Cl)=NCc1ccccc1)c1ccccc1. The Bertz CT molecular complexity index is 616. The number of hydrogen-bond acceptors (Lipinski definition) is 2. The quantitative estimate of drug-likeness (QED) is 0.718. The van der Waals surface area contributed by atoms with Crippen LogP contribution in [-0.4, -0.2) is 11.9 Å². The maximum Gasteiger partial charge on any atom is 0.126 e. The molecule has 0 radical (unpaired) electrons. The van der Waals surface area contributed by atoms with Gasteiger partial charge in [-0.1, -0.05) is 72.3 Å². The van der Waals surface area contributed by atoms with E-state index in [0.717, 1.165) is 11.1 Å². The molecule has 0 unspecified atom stereocenters. The van der Waals surface area contributed by atoms with Crippen LogP contribution in [0, 0.1) is 0 Å². The summed E-state index contributed by atoms with van der Waals surface area (Å²) in [5.74, 6) is 0. The second kappa shape index (κ2) is 7.41. The van der Waals surface area contributed by atoms with E-state index in [1.54, 1.807) is 6.08 Å². The Kier molecular flexibility index (Phi) is 5.27.